The summed E-state index contributed by atoms with van der Waals surface area (Å²) in [6, 6.07) is 0.0575. The summed E-state index contributed by atoms with van der Waals surface area (Å²) >= 11 is 1.50. The van der Waals surface area contributed by atoms with Crippen LogP contribution in [0.25, 0.3) is 11.5 Å². The fraction of sp³-hybridized carbons (Fsp3) is 0.538. The summed E-state index contributed by atoms with van der Waals surface area (Å²) in [6.45, 7) is 1.44. The number of thiazole rings is 1. The number of amides is 2. The van der Waals surface area contributed by atoms with Gasteiger partial charge in [-0.2, -0.15) is 4.98 Å². The van der Waals surface area contributed by atoms with Gasteiger partial charge in [0.25, 0.3) is 0 Å². The molecule has 112 valence electrons. The standard InChI is InChI=1S/C13H17N5O2S/c1-17(2)13(19)18-5-3-9(4-6-18)12-15-11(16-20-12)10-7-21-8-14-10/h7-9H,3-6H2,1-2H3. The minimum Gasteiger partial charge on any atom is -0.339 e. The fourth-order valence-corrected chi connectivity index (χ4v) is 2.96. The third-order valence-corrected chi connectivity index (χ3v) is 4.19. The molecule has 1 saturated heterocycles. The van der Waals surface area contributed by atoms with Gasteiger partial charge in [-0.15, -0.1) is 11.3 Å². The maximum Gasteiger partial charge on any atom is 0.319 e. The Morgan fingerprint density at radius 2 is 2.19 bits per heavy atom. The van der Waals surface area contributed by atoms with Crippen molar-refractivity contribution in [2.45, 2.75) is 18.8 Å². The van der Waals surface area contributed by atoms with Gasteiger partial charge in [0.1, 0.15) is 5.69 Å². The van der Waals surface area contributed by atoms with Crippen molar-refractivity contribution in [1.29, 1.82) is 0 Å². The lowest BCUT2D eigenvalue weighted by Gasteiger charge is -2.32. The topological polar surface area (TPSA) is 75.4 Å². The summed E-state index contributed by atoms with van der Waals surface area (Å²) < 4.78 is 5.36. The fourth-order valence-electron chi connectivity index (χ4n) is 2.43. The van der Waals surface area contributed by atoms with Crippen LogP contribution < -0.4 is 0 Å². The van der Waals surface area contributed by atoms with E-state index in [1.165, 1.54) is 11.3 Å². The maximum absolute atomic E-state index is 11.9. The average molecular weight is 307 g/mol. The Bertz CT molecular complexity index is 602. The number of urea groups is 1. The van der Waals surface area contributed by atoms with E-state index in [9.17, 15) is 4.79 Å². The van der Waals surface area contributed by atoms with E-state index < -0.39 is 0 Å². The van der Waals surface area contributed by atoms with Gasteiger partial charge in [0.2, 0.25) is 11.7 Å². The van der Waals surface area contributed by atoms with Crippen molar-refractivity contribution in [2.24, 2.45) is 0 Å². The molecule has 0 aliphatic carbocycles. The highest BCUT2D eigenvalue weighted by Gasteiger charge is 2.28. The Morgan fingerprint density at radius 3 is 2.81 bits per heavy atom. The molecule has 0 aromatic carbocycles. The monoisotopic (exact) mass is 307 g/mol. The third kappa shape index (κ3) is 2.90. The summed E-state index contributed by atoms with van der Waals surface area (Å²) in [5, 5.41) is 5.88. The first-order chi connectivity index (χ1) is 10.1. The van der Waals surface area contributed by atoms with Crippen LogP contribution >= 0.6 is 11.3 Å². The van der Waals surface area contributed by atoms with Gasteiger partial charge in [0.05, 0.1) is 5.51 Å². The number of piperidine rings is 1. The molecule has 3 heterocycles. The van der Waals surface area contributed by atoms with Crippen molar-refractivity contribution >= 4 is 17.4 Å². The van der Waals surface area contributed by atoms with Crippen molar-refractivity contribution in [3.63, 3.8) is 0 Å². The first kappa shape index (κ1) is 14.0. The number of hydrogen-bond donors (Lipinski definition) is 0. The van der Waals surface area contributed by atoms with Gasteiger partial charge in [0, 0.05) is 38.5 Å². The second-order valence-corrected chi connectivity index (χ2v) is 5.99. The molecule has 8 heteroatoms. The summed E-state index contributed by atoms with van der Waals surface area (Å²) in [4.78, 5) is 24.0. The maximum atomic E-state index is 11.9. The van der Waals surface area contributed by atoms with Gasteiger partial charge in [0.15, 0.2) is 0 Å². The van der Waals surface area contributed by atoms with Gasteiger partial charge < -0.3 is 14.3 Å². The molecule has 0 saturated carbocycles. The minimum atomic E-state index is 0.0575. The van der Waals surface area contributed by atoms with Gasteiger partial charge in [-0.25, -0.2) is 9.78 Å². The molecule has 1 fully saturated rings. The lowest BCUT2D eigenvalue weighted by molar-refractivity contribution is 0.152. The second-order valence-electron chi connectivity index (χ2n) is 5.27. The predicted octanol–water partition coefficient (Wildman–Crippen LogP) is 2.05. The van der Waals surface area contributed by atoms with Crippen molar-refractivity contribution in [3.8, 4) is 11.5 Å². The molecular formula is C13H17N5O2S. The molecule has 2 aromatic heterocycles. The van der Waals surface area contributed by atoms with Gasteiger partial charge in [-0.3, -0.25) is 0 Å². The molecule has 7 nitrogen and oxygen atoms in total. The quantitative estimate of drug-likeness (QED) is 0.849. The number of carbonyl (C=O) groups excluding carboxylic acids is 1. The summed E-state index contributed by atoms with van der Waals surface area (Å²) in [5.74, 6) is 1.41. The molecule has 0 radical (unpaired) electrons. The molecule has 1 aliphatic heterocycles. The highest BCUT2D eigenvalue weighted by molar-refractivity contribution is 7.07. The molecule has 0 unspecified atom stereocenters. The van der Waals surface area contributed by atoms with Gasteiger partial charge >= 0.3 is 6.03 Å². The summed E-state index contributed by atoms with van der Waals surface area (Å²) in [5.41, 5.74) is 2.49. The smallest absolute Gasteiger partial charge is 0.319 e. The summed E-state index contributed by atoms with van der Waals surface area (Å²) in [6.07, 6.45) is 1.69. The second kappa shape index (κ2) is 5.80. The number of nitrogens with zero attached hydrogens (tertiary/aromatic N) is 5. The SMILES string of the molecule is CN(C)C(=O)N1CCC(c2nc(-c3cscn3)no2)CC1. The summed E-state index contributed by atoms with van der Waals surface area (Å²) in [7, 11) is 3.54. The van der Waals surface area contributed by atoms with E-state index in [4.69, 9.17) is 4.52 Å². The number of aromatic nitrogens is 3. The van der Waals surface area contributed by atoms with Crippen molar-refractivity contribution in [1.82, 2.24) is 24.9 Å². The van der Waals surface area contributed by atoms with Crippen LogP contribution in [0.15, 0.2) is 15.4 Å². The van der Waals surface area contributed by atoms with E-state index in [-0.39, 0.29) is 11.9 Å². The number of likely N-dealkylation sites (tertiary alicyclic amines) is 1. The number of rotatable bonds is 2. The minimum absolute atomic E-state index is 0.0575. The highest BCUT2D eigenvalue weighted by atomic mass is 32.1. The van der Waals surface area contributed by atoms with E-state index in [1.807, 2.05) is 10.3 Å². The Hall–Kier alpha value is -1.96. The zero-order valence-electron chi connectivity index (χ0n) is 12.0. The first-order valence-corrected chi connectivity index (χ1v) is 7.78. The van der Waals surface area contributed by atoms with Crippen molar-refractivity contribution in [2.75, 3.05) is 27.2 Å². The van der Waals surface area contributed by atoms with Gasteiger partial charge in [-0.05, 0) is 12.8 Å². The zero-order chi connectivity index (χ0) is 14.8. The van der Waals surface area contributed by atoms with E-state index >= 15 is 0 Å². The molecule has 3 rings (SSSR count). The van der Waals surface area contributed by atoms with E-state index in [2.05, 4.69) is 15.1 Å². The Morgan fingerprint density at radius 1 is 1.43 bits per heavy atom. The molecule has 1 aliphatic rings. The van der Waals surface area contributed by atoms with Crippen LogP contribution in [0.1, 0.15) is 24.7 Å². The largest absolute Gasteiger partial charge is 0.339 e. The molecular weight excluding hydrogens is 290 g/mol. The third-order valence-electron chi connectivity index (χ3n) is 3.60. The molecule has 21 heavy (non-hydrogen) atoms. The first-order valence-electron chi connectivity index (χ1n) is 6.83. The van der Waals surface area contributed by atoms with Crippen LogP contribution in [-0.2, 0) is 0 Å². The Kier molecular flexibility index (Phi) is 3.87. The predicted molar refractivity (Wildman–Crippen MR) is 78.0 cm³/mol. The Labute approximate surface area is 126 Å². The van der Waals surface area contributed by atoms with Crippen LogP contribution in [-0.4, -0.2) is 58.1 Å². The lowest BCUT2D eigenvalue weighted by atomic mass is 9.97. The molecule has 0 spiro atoms. The number of hydrogen-bond acceptors (Lipinski definition) is 6. The van der Waals surface area contributed by atoms with Crippen molar-refractivity contribution < 1.29 is 9.32 Å². The Balaban J connectivity index is 1.64. The number of carbonyl (C=O) groups is 1. The zero-order valence-corrected chi connectivity index (χ0v) is 12.8. The molecule has 0 bridgehead atoms. The normalized spacial score (nSPS) is 16.2. The van der Waals surface area contributed by atoms with Crippen LogP contribution in [0.2, 0.25) is 0 Å². The lowest BCUT2D eigenvalue weighted by Crippen LogP contribution is -2.43. The highest BCUT2D eigenvalue weighted by Crippen LogP contribution is 2.28. The average Bonchev–Trinajstić information content (AvgIpc) is 3.17. The van der Waals surface area contributed by atoms with Crippen LogP contribution in [0.5, 0.6) is 0 Å². The van der Waals surface area contributed by atoms with Crippen LogP contribution in [0, 0.1) is 0 Å². The van der Waals surface area contributed by atoms with E-state index in [1.54, 1.807) is 24.5 Å². The van der Waals surface area contributed by atoms with Crippen molar-refractivity contribution in [3.05, 3.63) is 16.8 Å². The van der Waals surface area contributed by atoms with E-state index in [0.717, 1.165) is 31.6 Å². The molecule has 2 amide bonds. The van der Waals surface area contributed by atoms with E-state index in [0.29, 0.717) is 11.7 Å². The molecule has 0 atom stereocenters. The van der Waals surface area contributed by atoms with Crippen LogP contribution in [0.4, 0.5) is 4.79 Å². The van der Waals surface area contributed by atoms with Gasteiger partial charge in [-0.1, -0.05) is 5.16 Å². The van der Waals surface area contributed by atoms with Crippen LogP contribution in [0.3, 0.4) is 0 Å². The molecule has 0 N–H and O–H groups in total. The molecule has 2 aromatic rings.